The second-order valence-electron chi connectivity index (χ2n) is 17.7. The zero-order valence-corrected chi connectivity index (χ0v) is 34.3. The Morgan fingerprint density at radius 1 is 0.950 bits per heavy atom. The molecule has 5 amide bonds. The van der Waals surface area contributed by atoms with Crippen LogP contribution in [0.5, 0.6) is 5.75 Å². The molecule has 4 aliphatic heterocycles. The molecule has 4 fully saturated rings. The fourth-order valence-corrected chi connectivity index (χ4v) is 10.8. The molecule has 3 aromatic rings. The highest BCUT2D eigenvalue weighted by Crippen LogP contribution is 2.59. The van der Waals surface area contributed by atoms with Crippen molar-refractivity contribution in [3.8, 4) is 23.7 Å². The molecule has 0 radical (unpaired) electrons. The number of aromatic nitrogens is 2. The molecule has 2 saturated carbocycles. The van der Waals surface area contributed by atoms with Crippen LogP contribution in [-0.4, -0.2) is 105 Å². The van der Waals surface area contributed by atoms with Gasteiger partial charge in [-0.15, -0.1) is 0 Å². The van der Waals surface area contributed by atoms with E-state index in [1.54, 1.807) is 24.4 Å². The molecule has 60 heavy (non-hydrogen) atoms. The number of benzene rings is 2. The van der Waals surface area contributed by atoms with E-state index in [4.69, 9.17) is 21.3 Å². The number of fused-ring (bicyclic) bond motifs is 2. The Labute approximate surface area is 351 Å². The minimum atomic E-state index is -1.11. The summed E-state index contributed by atoms with van der Waals surface area (Å²) < 4.78 is 21.9. The van der Waals surface area contributed by atoms with Gasteiger partial charge >= 0.3 is 0 Å². The van der Waals surface area contributed by atoms with E-state index in [1.165, 1.54) is 6.07 Å². The van der Waals surface area contributed by atoms with E-state index in [2.05, 4.69) is 60.8 Å². The van der Waals surface area contributed by atoms with Crippen molar-refractivity contribution in [1.82, 2.24) is 30.0 Å². The maximum atomic E-state index is 15.5. The van der Waals surface area contributed by atoms with Crippen molar-refractivity contribution in [2.45, 2.75) is 84.2 Å². The van der Waals surface area contributed by atoms with Gasteiger partial charge in [0.05, 0.1) is 45.8 Å². The molecule has 0 spiro atoms. The molecule has 308 valence electrons. The Balaban J connectivity index is 0.785. The third kappa shape index (κ3) is 6.37. The maximum Gasteiger partial charge on any atom is 0.275 e. The van der Waals surface area contributed by atoms with Gasteiger partial charge in [-0.1, -0.05) is 45.2 Å². The normalized spacial score (nSPS) is 26.6. The third-order valence-electron chi connectivity index (χ3n) is 13.2. The molecule has 6 aliphatic rings. The number of nitrogens with zero attached hydrogens (tertiary/aromatic N) is 7. The summed E-state index contributed by atoms with van der Waals surface area (Å²) in [5.74, 6) is 3.93. The van der Waals surface area contributed by atoms with Crippen molar-refractivity contribution in [2.24, 2.45) is 16.7 Å². The number of halogens is 2. The van der Waals surface area contributed by atoms with Crippen LogP contribution in [0, 0.1) is 45.7 Å². The number of carbonyl (C=O) groups is 5. The molecule has 9 rings (SSSR count). The van der Waals surface area contributed by atoms with Crippen LogP contribution in [0.1, 0.15) is 102 Å². The van der Waals surface area contributed by atoms with Crippen LogP contribution in [0.25, 0.3) is 0 Å². The molecule has 1 unspecified atom stereocenters. The first-order chi connectivity index (χ1) is 28.6. The molecule has 1 N–H and O–H groups in total. The van der Waals surface area contributed by atoms with Gasteiger partial charge in [-0.05, 0) is 49.4 Å². The Hall–Kier alpha value is -5.90. The van der Waals surface area contributed by atoms with Gasteiger partial charge in [-0.3, -0.25) is 39.1 Å². The molecule has 16 heteroatoms. The molecule has 1 atom stereocenters. The number of piperazine rings is 1. The summed E-state index contributed by atoms with van der Waals surface area (Å²) in [5.41, 5.74) is 1.22. The van der Waals surface area contributed by atoms with E-state index in [-0.39, 0.29) is 53.6 Å². The SMILES string of the molecule is CC1(C)[C@H](Oc2ccc(C#N)c(Cl)c2)C(C)(C)[C@H]1N1Cc2nc(C#C[C@H]3C[C@H](N4CCN(c5cc6c(cc5F)C(=O)N(C5CCC(=O)NC5=O)C6=O)CC4)C3)cnc2C1=O. The second kappa shape index (κ2) is 14.4. The lowest BCUT2D eigenvalue weighted by atomic mass is 9.49. The van der Waals surface area contributed by atoms with Gasteiger partial charge < -0.3 is 14.5 Å². The number of hydrogen-bond acceptors (Lipinski definition) is 11. The summed E-state index contributed by atoms with van der Waals surface area (Å²) in [6, 6.07) is 8.64. The first kappa shape index (κ1) is 39.6. The van der Waals surface area contributed by atoms with Crippen LogP contribution < -0.4 is 15.0 Å². The average Bonchev–Trinajstić information content (AvgIpc) is 3.62. The summed E-state index contributed by atoms with van der Waals surface area (Å²) in [4.78, 5) is 80.4. The number of hydrogen-bond donors (Lipinski definition) is 1. The number of ether oxygens (including phenoxy) is 1. The highest BCUT2D eigenvalue weighted by atomic mass is 35.5. The quantitative estimate of drug-likeness (QED) is 0.277. The number of imide groups is 2. The molecule has 0 bridgehead atoms. The standard InChI is InChI=1S/C44H42ClFN8O6/c1-43(2)41(44(3,4)42(43)60-27-8-6-24(20-47)30(45)17-27)53-22-32-36(40(53)59)48-21-25(49-32)7-5-23-15-26(16-23)51-11-13-52(14-12-51)34-19-29-28(18-31(34)46)38(57)54(39(29)58)33-9-10-35(55)50-37(33)56/h6,8,17-19,21,23,26,33,41-42H,9-16,22H2,1-4H3,(H,50,55,56)/t23-,26-,33?,41-,42-. The Morgan fingerprint density at radius 2 is 1.65 bits per heavy atom. The van der Waals surface area contributed by atoms with Crippen LogP contribution in [0.15, 0.2) is 36.5 Å². The van der Waals surface area contributed by atoms with Gasteiger partial charge in [-0.2, -0.15) is 5.26 Å². The van der Waals surface area contributed by atoms with Crippen molar-refractivity contribution in [3.63, 3.8) is 0 Å². The number of piperidine rings is 1. The third-order valence-corrected chi connectivity index (χ3v) is 13.5. The van der Waals surface area contributed by atoms with E-state index in [1.807, 2.05) is 9.80 Å². The topological polar surface area (TPSA) is 169 Å². The lowest BCUT2D eigenvalue weighted by Gasteiger charge is -2.65. The van der Waals surface area contributed by atoms with Crippen LogP contribution in [0.2, 0.25) is 5.02 Å². The number of anilines is 1. The van der Waals surface area contributed by atoms with E-state index in [9.17, 15) is 29.2 Å². The number of rotatable bonds is 6. The summed E-state index contributed by atoms with van der Waals surface area (Å²) in [6.45, 7) is 11.1. The zero-order valence-electron chi connectivity index (χ0n) is 33.6. The highest BCUT2D eigenvalue weighted by molar-refractivity contribution is 6.31. The zero-order chi connectivity index (χ0) is 42.4. The molecule has 5 heterocycles. The predicted octanol–water partition coefficient (Wildman–Crippen LogP) is 4.33. The molecule has 2 aromatic carbocycles. The van der Waals surface area contributed by atoms with E-state index >= 15 is 4.39 Å². The first-order valence-corrected chi connectivity index (χ1v) is 20.5. The van der Waals surface area contributed by atoms with Crippen molar-refractivity contribution in [3.05, 3.63) is 81.1 Å². The van der Waals surface area contributed by atoms with Crippen LogP contribution >= 0.6 is 11.6 Å². The number of nitrogens with one attached hydrogen (secondary N) is 1. The minimum absolute atomic E-state index is 0.00577. The Bertz CT molecular complexity index is 2500. The van der Waals surface area contributed by atoms with E-state index in [0.717, 1.165) is 23.8 Å². The summed E-state index contributed by atoms with van der Waals surface area (Å²) >= 11 is 6.27. The summed E-state index contributed by atoms with van der Waals surface area (Å²) in [6.07, 6.45) is 3.12. The van der Waals surface area contributed by atoms with Gasteiger partial charge in [0, 0.05) is 67.5 Å². The van der Waals surface area contributed by atoms with Crippen LogP contribution in [-0.2, 0) is 16.1 Å². The lowest BCUT2D eigenvalue weighted by Crippen LogP contribution is -2.74. The van der Waals surface area contributed by atoms with Crippen molar-refractivity contribution >= 4 is 46.8 Å². The van der Waals surface area contributed by atoms with Gasteiger partial charge in [-0.25, -0.2) is 14.4 Å². The van der Waals surface area contributed by atoms with Crippen LogP contribution in [0.3, 0.4) is 0 Å². The lowest BCUT2D eigenvalue weighted by molar-refractivity contribution is -0.199. The largest absolute Gasteiger partial charge is 0.489 e. The highest BCUT2D eigenvalue weighted by Gasteiger charge is 2.67. The van der Waals surface area contributed by atoms with Gasteiger partial charge in [0.15, 0.2) is 5.69 Å². The van der Waals surface area contributed by atoms with E-state index in [0.29, 0.717) is 72.2 Å². The number of amides is 5. The second-order valence-corrected chi connectivity index (χ2v) is 18.1. The van der Waals surface area contributed by atoms with Crippen molar-refractivity contribution < 1.29 is 33.1 Å². The van der Waals surface area contributed by atoms with Gasteiger partial charge in [0.25, 0.3) is 17.7 Å². The predicted molar refractivity (Wildman–Crippen MR) is 214 cm³/mol. The van der Waals surface area contributed by atoms with Gasteiger partial charge in [0.1, 0.15) is 35.5 Å². The monoisotopic (exact) mass is 832 g/mol. The van der Waals surface area contributed by atoms with Gasteiger partial charge in [0.2, 0.25) is 11.8 Å². The fraction of sp³-hybridized carbons (Fsp3) is 0.455. The minimum Gasteiger partial charge on any atom is -0.489 e. The van der Waals surface area contributed by atoms with Crippen molar-refractivity contribution in [1.29, 1.82) is 5.26 Å². The molecule has 2 saturated heterocycles. The first-order valence-electron chi connectivity index (χ1n) is 20.2. The molecular formula is C44H42ClFN8O6. The fourth-order valence-electron chi connectivity index (χ4n) is 10.6. The van der Waals surface area contributed by atoms with Crippen molar-refractivity contribution in [2.75, 3.05) is 31.1 Å². The molecule has 1 aromatic heterocycles. The average molecular weight is 833 g/mol. The number of nitriles is 1. The maximum absolute atomic E-state index is 15.5. The number of carbonyl (C=O) groups excluding carboxylic acids is 5. The van der Waals surface area contributed by atoms with Crippen LogP contribution in [0.4, 0.5) is 10.1 Å². The smallest absolute Gasteiger partial charge is 0.275 e. The van der Waals surface area contributed by atoms with E-state index < -0.39 is 46.3 Å². The molecule has 14 nitrogen and oxygen atoms in total. The molecular weight excluding hydrogens is 791 g/mol. The Kier molecular flexibility index (Phi) is 9.48. The molecule has 2 aliphatic carbocycles. The summed E-state index contributed by atoms with van der Waals surface area (Å²) in [7, 11) is 0. The summed E-state index contributed by atoms with van der Waals surface area (Å²) in [5, 5.41) is 11.7. The Morgan fingerprint density at radius 3 is 2.32 bits per heavy atom.